The van der Waals surface area contributed by atoms with E-state index in [1.54, 1.807) is 7.05 Å². The molecule has 0 aromatic carbocycles. The van der Waals surface area contributed by atoms with Gasteiger partial charge in [-0.05, 0) is 79.6 Å². The molecule has 7 unspecified atom stereocenters. The number of nitrogens with one attached hydrogen (secondary N) is 1. The molecule has 0 aromatic heterocycles. The van der Waals surface area contributed by atoms with Crippen LogP contribution in [0.5, 0.6) is 0 Å². The predicted octanol–water partition coefficient (Wildman–Crippen LogP) is 4.93. The van der Waals surface area contributed by atoms with Crippen molar-refractivity contribution in [3.05, 3.63) is 23.3 Å². The Morgan fingerprint density at radius 2 is 1.79 bits per heavy atom. The molecule has 0 radical (unpaired) electrons. The van der Waals surface area contributed by atoms with E-state index < -0.39 is 10.8 Å². The molecule has 3 saturated carbocycles. The van der Waals surface area contributed by atoms with Crippen molar-refractivity contribution >= 4 is 17.5 Å². The monoisotopic (exact) mass is 462 g/mol. The van der Waals surface area contributed by atoms with Gasteiger partial charge in [-0.3, -0.25) is 14.4 Å². The summed E-state index contributed by atoms with van der Waals surface area (Å²) in [4.78, 5) is 39.8. The number of fused-ring (bicyclic) bond motifs is 7. The standard InChI is InChI=1S/C29H38N2O3/c1-26(2)10-11-29(25(34)31-5)9-7-19-24(20(29)15-26)22(33)13-23-27(19,3)8-6-18-12-21(32)17(16-30)14-28(18,23)4/h13-14,18-20,24H,6-12,15H2,1-5H3,(H,31,34). The highest BCUT2D eigenvalue weighted by Gasteiger charge is 2.65. The summed E-state index contributed by atoms with van der Waals surface area (Å²) in [6.07, 6.45) is 10.5. The van der Waals surface area contributed by atoms with E-state index in [1.165, 1.54) is 0 Å². The van der Waals surface area contributed by atoms with Gasteiger partial charge in [0.15, 0.2) is 11.6 Å². The molecule has 5 aliphatic carbocycles. The minimum Gasteiger partial charge on any atom is -0.359 e. The zero-order chi connectivity index (χ0) is 24.7. The molecule has 34 heavy (non-hydrogen) atoms. The fourth-order valence-electron chi connectivity index (χ4n) is 9.06. The van der Waals surface area contributed by atoms with Crippen molar-refractivity contribution in [2.24, 2.45) is 45.3 Å². The summed E-state index contributed by atoms with van der Waals surface area (Å²) in [6, 6.07) is 2.11. The largest absolute Gasteiger partial charge is 0.359 e. The number of Topliss-reactive ketones (excluding diaryl/α,β-unsaturated/α-hetero) is 1. The highest BCUT2D eigenvalue weighted by molar-refractivity contribution is 6.01. The van der Waals surface area contributed by atoms with E-state index in [0.29, 0.717) is 6.42 Å². The van der Waals surface area contributed by atoms with Gasteiger partial charge in [0.05, 0.1) is 11.0 Å². The smallest absolute Gasteiger partial charge is 0.226 e. The fraction of sp³-hybridized carbons (Fsp3) is 0.724. The van der Waals surface area contributed by atoms with Crippen LogP contribution in [0.15, 0.2) is 23.3 Å². The van der Waals surface area contributed by atoms with Crippen LogP contribution in [0.25, 0.3) is 0 Å². The van der Waals surface area contributed by atoms with Crippen LogP contribution in [0, 0.1) is 56.7 Å². The van der Waals surface area contributed by atoms with Gasteiger partial charge in [-0.25, -0.2) is 0 Å². The lowest BCUT2D eigenvalue weighted by molar-refractivity contribution is -0.160. The molecule has 0 heterocycles. The van der Waals surface area contributed by atoms with Crippen molar-refractivity contribution in [2.75, 3.05) is 7.05 Å². The molecule has 0 aromatic rings. The number of carbonyl (C=O) groups excluding carboxylic acids is 3. The maximum absolute atomic E-state index is 14.0. The first-order valence-electron chi connectivity index (χ1n) is 13.1. The summed E-state index contributed by atoms with van der Waals surface area (Å²) < 4.78 is 0. The summed E-state index contributed by atoms with van der Waals surface area (Å²) in [5.74, 6) is 0.478. The molecule has 5 heteroatoms. The molecule has 182 valence electrons. The lowest BCUT2D eigenvalue weighted by atomic mass is 9.40. The summed E-state index contributed by atoms with van der Waals surface area (Å²) >= 11 is 0. The number of rotatable bonds is 1. The molecule has 5 rings (SSSR count). The third-order valence-electron chi connectivity index (χ3n) is 11.0. The van der Waals surface area contributed by atoms with E-state index >= 15 is 0 Å². The van der Waals surface area contributed by atoms with Crippen LogP contribution in [0.2, 0.25) is 0 Å². The molecular formula is C29H38N2O3. The Morgan fingerprint density at radius 3 is 2.47 bits per heavy atom. The minimum absolute atomic E-state index is 0.0562. The van der Waals surface area contributed by atoms with E-state index in [-0.39, 0.29) is 57.5 Å². The molecule has 1 N–H and O–H groups in total. The molecule has 0 bridgehead atoms. The van der Waals surface area contributed by atoms with Crippen molar-refractivity contribution in [2.45, 2.75) is 79.1 Å². The van der Waals surface area contributed by atoms with Crippen molar-refractivity contribution in [3.8, 4) is 6.07 Å². The summed E-state index contributed by atoms with van der Waals surface area (Å²) in [6.45, 7) is 9.02. The molecule has 5 nitrogen and oxygen atoms in total. The summed E-state index contributed by atoms with van der Waals surface area (Å²) in [5, 5.41) is 12.5. The van der Waals surface area contributed by atoms with Gasteiger partial charge in [0.2, 0.25) is 5.91 Å². The van der Waals surface area contributed by atoms with Crippen molar-refractivity contribution in [1.82, 2.24) is 5.32 Å². The van der Waals surface area contributed by atoms with Crippen LogP contribution in [-0.4, -0.2) is 24.5 Å². The number of allylic oxidation sites excluding steroid dienone is 4. The zero-order valence-corrected chi connectivity index (χ0v) is 21.3. The Labute approximate surface area is 203 Å². The van der Waals surface area contributed by atoms with Gasteiger partial charge in [0.25, 0.3) is 0 Å². The number of nitrogens with zero attached hydrogens (tertiary/aromatic N) is 1. The number of amides is 1. The van der Waals surface area contributed by atoms with E-state index in [1.807, 2.05) is 12.2 Å². The minimum atomic E-state index is -0.449. The molecule has 0 aliphatic heterocycles. The Balaban J connectivity index is 1.63. The molecular weight excluding hydrogens is 424 g/mol. The molecule has 0 saturated heterocycles. The van der Waals surface area contributed by atoms with Crippen LogP contribution >= 0.6 is 0 Å². The Morgan fingerprint density at radius 1 is 1.06 bits per heavy atom. The van der Waals surface area contributed by atoms with Gasteiger partial charge < -0.3 is 5.32 Å². The number of nitriles is 1. The lowest BCUT2D eigenvalue weighted by Crippen LogP contribution is -2.61. The van der Waals surface area contributed by atoms with Gasteiger partial charge in [0.1, 0.15) is 6.07 Å². The third-order valence-corrected chi connectivity index (χ3v) is 11.0. The zero-order valence-electron chi connectivity index (χ0n) is 21.3. The highest BCUT2D eigenvalue weighted by atomic mass is 16.2. The van der Waals surface area contributed by atoms with E-state index in [0.717, 1.165) is 50.5 Å². The molecule has 0 spiro atoms. The predicted molar refractivity (Wildman–Crippen MR) is 129 cm³/mol. The highest BCUT2D eigenvalue weighted by Crippen LogP contribution is 2.69. The first-order chi connectivity index (χ1) is 15.9. The van der Waals surface area contributed by atoms with E-state index in [4.69, 9.17) is 0 Å². The lowest BCUT2D eigenvalue weighted by Gasteiger charge is -2.63. The van der Waals surface area contributed by atoms with Gasteiger partial charge in [-0.2, -0.15) is 5.26 Å². The van der Waals surface area contributed by atoms with Crippen LogP contribution < -0.4 is 5.32 Å². The quantitative estimate of drug-likeness (QED) is 0.599. The Kier molecular flexibility index (Phi) is 5.11. The Hall–Kier alpha value is -2.22. The molecule has 7 atom stereocenters. The van der Waals surface area contributed by atoms with Crippen LogP contribution in [0.4, 0.5) is 0 Å². The second-order valence-electron chi connectivity index (χ2n) is 13.1. The van der Waals surface area contributed by atoms with Crippen LogP contribution in [0.3, 0.4) is 0 Å². The SMILES string of the molecule is CNC(=O)C12CCC3C(C(=O)C=C4C5(C)C=C(C#N)C(=O)CC5CCC43C)C1CC(C)(C)CC2. The average molecular weight is 463 g/mol. The average Bonchev–Trinajstić information content (AvgIpc) is 2.79. The van der Waals surface area contributed by atoms with Crippen molar-refractivity contribution < 1.29 is 14.4 Å². The normalized spacial score (nSPS) is 44.8. The number of hydrogen-bond donors (Lipinski definition) is 1. The summed E-state index contributed by atoms with van der Waals surface area (Å²) in [5.41, 5.74) is 0.452. The number of hydrogen-bond acceptors (Lipinski definition) is 4. The first-order valence-corrected chi connectivity index (χ1v) is 13.1. The fourth-order valence-corrected chi connectivity index (χ4v) is 9.06. The van der Waals surface area contributed by atoms with Gasteiger partial charge in [-0.1, -0.05) is 39.3 Å². The molecule has 5 aliphatic rings. The maximum Gasteiger partial charge on any atom is 0.226 e. The number of carbonyl (C=O) groups is 3. The van der Waals surface area contributed by atoms with Gasteiger partial charge >= 0.3 is 0 Å². The van der Waals surface area contributed by atoms with E-state index in [2.05, 4.69) is 39.1 Å². The van der Waals surface area contributed by atoms with Crippen LogP contribution in [-0.2, 0) is 14.4 Å². The van der Waals surface area contributed by atoms with Crippen molar-refractivity contribution in [3.63, 3.8) is 0 Å². The van der Waals surface area contributed by atoms with Gasteiger partial charge in [-0.15, -0.1) is 0 Å². The second kappa shape index (κ2) is 7.39. The maximum atomic E-state index is 14.0. The molecule has 3 fully saturated rings. The second-order valence-corrected chi connectivity index (χ2v) is 13.1. The van der Waals surface area contributed by atoms with Crippen molar-refractivity contribution in [1.29, 1.82) is 5.26 Å². The topological polar surface area (TPSA) is 87.0 Å². The Bertz CT molecular complexity index is 1080. The first kappa shape index (κ1) is 23.5. The number of ketones is 2. The summed E-state index contributed by atoms with van der Waals surface area (Å²) in [7, 11) is 1.73. The molecule has 1 amide bonds. The van der Waals surface area contributed by atoms with Crippen LogP contribution in [0.1, 0.15) is 79.1 Å². The third kappa shape index (κ3) is 2.99. The van der Waals surface area contributed by atoms with Gasteiger partial charge in [0, 0.05) is 24.8 Å². The van der Waals surface area contributed by atoms with E-state index in [9.17, 15) is 19.6 Å².